The molecular weight excluding hydrogens is 406 g/mol. The van der Waals surface area contributed by atoms with Crippen molar-refractivity contribution in [3.8, 4) is 22.8 Å². The summed E-state index contributed by atoms with van der Waals surface area (Å²) in [6.45, 7) is 4.64. The number of ether oxygens (including phenoxy) is 4. The van der Waals surface area contributed by atoms with Crippen molar-refractivity contribution in [2.75, 3.05) is 26.4 Å². The summed E-state index contributed by atoms with van der Waals surface area (Å²) in [5.41, 5.74) is 4.15. The molecule has 1 unspecified atom stereocenters. The van der Waals surface area contributed by atoms with E-state index in [0.717, 1.165) is 29.0 Å². The van der Waals surface area contributed by atoms with Gasteiger partial charge in [-0.25, -0.2) is 0 Å². The standard InChI is InChI=1S/C26H27NO5/c1-18-11-20-12-21(31-15-19-5-3-2-4-6-19)7-8-24(20)25-13-22(14-26(28)27(18)25)32-17-23-16-29-9-10-30-23/h2-8,12-14,18,23H,9-11,15-17H2,1H3/t18?,23-/m0/s1. The summed E-state index contributed by atoms with van der Waals surface area (Å²) in [4.78, 5) is 12.9. The van der Waals surface area contributed by atoms with Crippen LogP contribution in [0.4, 0.5) is 0 Å². The third-order valence-electron chi connectivity index (χ3n) is 5.92. The van der Waals surface area contributed by atoms with Gasteiger partial charge in [0.1, 0.15) is 30.8 Å². The first-order valence-corrected chi connectivity index (χ1v) is 11.1. The van der Waals surface area contributed by atoms with Gasteiger partial charge >= 0.3 is 0 Å². The molecule has 0 N–H and O–H groups in total. The minimum atomic E-state index is -0.113. The van der Waals surface area contributed by atoms with E-state index in [-0.39, 0.29) is 17.7 Å². The van der Waals surface area contributed by atoms with Crippen LogP contribution in [0.2, 0.25) is 0 Å². The van der Waals surface area contributed by atoms with Crippen molar-refractivity contribution in [2.45, 2.75) is 32.1 Å². The maximum absolute atomic E-state index is 12.9. The number of benzene rings is 2. The third kappa shape index (κ3) is 4.42. The number of hydrogen-bond acceptors (Lipinski definition) is 5. The van der Waals surface area contributed by atoms with E-state index >= 15 is 0 Å². The number of fused-ring (bicyclic) bond motifs is 3. The molecule has 0 aliphatic carbocycles. The molecule has 0 radical (unpaired) electrons. The number of pyridine rings is 1. The van der Waals surface area contributed by atoms with Crippen LogP contribution in [0.3, 0.4) is 0 Å². The Balaban J connectivity index is 1.38. The van der Waals surface area contributed by atoms with Crippen LogP contribution in [0.25, 0.3) is 11.3 Å². The van der Waals surface area contributed by atoms with Gasteiger partial charge in [-0.1, -0.05) is 30.3 Å². The molecule has 3 heterocycles. The van der Waals surface area contributed by atoms with E-state index in [9.17, 15) is 4.79 Å². The molecule has 2 aromatic carbocycles. The monoisotopic (exact) mass is 433 g/mol. The molecule has 0 amide bonds. The van der Waals surface area contributed by atoms with Crippen LogP contribution in [0.5, 0.6) is 11.5 Å². The zero-order chi connectivity index (χ0) is 21.9. The quantitative estimate of drug-likeness (QED) is 0.588. The van der Waals surface area contributed by atoms with Gasteiger partial charge in [0.2, 0.25) is 0 Å². The maximum Gasteiger partial charge on any atom is 0.254 e. The van der Waals surface area contributed by atoms with Gasteiger partial charge in [0.25, 0.3) is 5.56 Å². The number of nitrogens with zero attached hydrogens (tertiary/aromatic N) is 1. The average molecular weight is 434 g/mol. The fourth-order valence-electron chi connectivity index (χ4n) is 4.35. The first kappa shape index (κ1) is 20.8. The van der Waals surface area contributed by atoms with Crippen LogP contribution in [0, 0.1) is 0 Å². The summed E-state index contributed by atoms with van der Waals surface area (Å²) >= 11 is 0. The van der Waals surface area contributed by atoms with E-state index in [4.69, 9.17) is 18.9 Å². The summed E-state index contributed by atoms with van der Waals surface area (Å²) in [7, 11) is 0. The molecule has 3 aromatic rings. The smallest absolute Gasteiger partial charge is 0.254 e. The Morgan fingerprint density at radius 2 is 1.88 bits per heavy atom. The molecule has 0 spiro atoms. The van der Waals surface area contributed by atoms with Gasteiger partial charge in [0, 0.05) is 23.7 Å². The zero-order valence-corrected chi connectivity index (χ0v) is 18.2. The van der Waals surface area contributed by atoms with Gasteiger partial charge in [-0.05, 0) is 42.7 Å². The van der Waals surface area contributed by atoms with Crippen LogP contribution < -0.4 is 15.0 Å². The SMILES string of the molecule is CC1Cc2cc(OCc3ccccc3)ccc2-c2cc(OC[C@@H]3COCCO3)cc(=O)n21. The van der Waals surface area contributed by atoms with Gasteiger partial charge < -0.3 is 23.5 Å². The fourth-order valence-corrected chi connectivity index (χ4v) is 4.35. The minimum absolute atomic E-state index is 0.0542. The lowest BCUT2D eigenvalue weighted by molar-refractivity contribution is -0.101. The van der Waals surface area contributed by atoms with E-state index < -0.39 is 0 Å². The molecule has 166 valence electrons. The molecule has 2 atom stereocenters. The van der Waals surface area contributed by atoms with E-state index in [1.165, 1.54) is 5.56 Å². The normalized spacial score (nSPS) is 19.7. The van der Waals surface area contributed by atoms with Crippen molar-refractivity contribution in [3.63, 3.8) is 0 Å². The molecule has 1 aromatic heterocycles. The summed E-state index contributed by atoms with van der Waals surface area (Å²) in [5.74, 6) is 1.39. The molecule has 2 aliphatic rings. The van der Waals surface area contributed by atoms with Gasteiger partial charge in [0.05, 0.1) is 25.5 Å². The lowest BCUT2D eigenvalue weighted by atomic mass is 9.93. The molecule has 1 saturated heterocycles. The number of hydrogen-bond donors (Lipinski definition) is 0. The van der Waals surface area contributed by atoms with Crippen molar-refractivity contribution in [1.29, 1.82) is 0 Å². The van der Waals surface area contributed by atoms with Crippen molar-refractivity contribution in [2.24, 2.45) is 0 Å². The topological polar surface area (TPSA) is 58.9 Å². The second-order valence-electron chi connectivity index (χ2n) is 8.31. The molecule has 5 rings (SSSR count). The summed E-state index contributed by atoms with van der Waals surface area (Å²) in [6.07, 6.45) is 0.663. The van der Waals surface area contributed by atoms with Gasteiger partial charge in [-0.2, -0.15) is 0 Å². The molecule has 1 fully saturated rings. The Morgan fingerprint density at radius 1 is 1.00 bits per heavy atom. The van der Waals surface area contributed by atoms with Gasteiger partial charge in [-0.15, -0.1) is 0 Å². The Morgan fingerprint density at radius 3 is 2.69 bits per heavy atom. The van der Waals surface area contributed by atoms with Crippen molar-refractivity contribution < 1.29 is 18.9 Å². The molecule has 0 bridgehead atoms. The van der Waals surface area contributed by atoms with Crippen LogP contribution >= 0.6 is 0 Å². The predicted octanol–water partition coefficient (Wildman–Crippen LogP) is 4.01. The average Bonchev–Trinajstić information content (AvgIpc) is 2.82. The molecule has 32 heavy (non-hydrogen) atoms. The molecule has 0 saturated carbocycles. The van der Waals surface area contributed by atoms with Crippen LogP contribution in [-0.4, -0.2) is 37.1 Å². The largest absolute Gasteiger partial charge is 0.491 e. The van der Waals surface area contributed by atoms with E-state index in [1.54, 1.807) is 6.07 Å². The molecule has 2 aliphatic heterocycles. The van der Waals surface area contributed by atoms with Crippen LogP contribution in [-0.2, 0) is 22.5 Å². The highest BCUT2D eigenvalue weighted by Crippen LogP contribution is 2.36. The summed E-state index contributed by atoms with van der Waals surface area (Å²) in [6, 6.07) is 19.8. The Labute approximate surface area is 187 Å². The highest BCUT2D eigenvalue weighted by molar-refractivity contribution is 5.68. The van der Waals surface area contributed by atoms with E-state index in [2.05, 4.69) is 25.1 Å². The van der Waals surface area contributed by atoms with Gasteiger partial charge in [-0.3, -0.25) is 4.79 Å². The van der Waals surface area contributed by atoms with E-state index in [0.29, 0.717) is 38.8 Å². The fraction of sp³-hybridized carbons (Fsp3) is 0.346. The second-order valence-corrected chi connectivity index (χ2v) is 8.31. The molecule has 6 heteroatoms. The highest BCUT2D eigenvalue weighted by Gasteiger charge is 2.24. The minimum Gasteiger partial charge on any atom is -0.491 e. The maximum atomic E-state index is 12.9. The van der Waals surface area contributed by atoms with Crippen LogP contribution in [0.15, 0.2) is 65.5 Å². The first-order chi connectivity index (χ1) is 15.7. The first-order valence-electron chi connectivity index (χ1n) is 11.1. The van der Waals surface area contributed by atoms with Crippen LogP contribution in [0.1, 0.15) is 24.1 Å². The summed E-state index contributed by atoms with van der Waals surface area (Å²) in [5, 5.41) is 0. The lowest BCUT2D eigenvalue weighted by Crippen LogP contribution is -2.34. The Hall–Kier alpha value is -3.09. The van der Waals surface area contributed by atoms with Crippen molar-refractivity contribution >= 4 is 0 Å². The molecule has 6 nitrogen and oxygen atoms in total. The summed E-state index contributed by atoms with van der Waals surface area (Å²) < 4.78 is 24.8. The predicted molar refractivity (Wildman–Crippen MR) is 121 cm³/mol. The van der Waals surface area contributed by atoms with Crippen molar-refractivity contribution in [1.82, 2.24) is 4.57 Å². The Bertz CT molecular complexity index is 1130. The lowest BCUT2D eigenvalue weighted by Gasteiger charge is -2.28. The number of aromatic nitrogens is 1. The second kappa shape index (κ2) is 9.18. The zero-order valence-electron chi connectivity index (χ0n) is 18.2. The molecular formula is C26H27NO5. The van der Waals surface area contributed by atoms with E-state index in [1.807, 2.05) is 41.0 Å². The Kier molecular flexibility index (Phi) is 5.97. The van der Waals surface area contributed by atoms with Gasteiger partial charge in [0.15, 0.2) is 0 Å². The van der Waals surface area contributed by atoms with Crippen molar-refractivity contribution in [3.05, 3.63) is 82.1 Å². The number of rotatable bonds is 6. The highest BCUT2D eigenvalue weighted by atomic mass is 16.6. The third-order valence-corrected chi connectivity index (χ3v) is 5.92.